The van der Waals surface area contributed by atoms with E-state index < -0.39 is 5.82 Å². The molecule has 1 saturated heterocycles. The van der Waals surface area contributed by atoms with Crippen LogP contribution < -0.4 is 15.8 Å². The molecule has 498 valence electrons. The molecule has 4 unspecified atom stereocenters. The first-order valence-corrected chi connectivity index (χ1v) is 35.5. The van der Waals surface area contributed by atoms with Crippen LogP contribution in [0.5, 0.6) is 5.75 Å². The summed E-state index contributed by atoms with van der Waals surface area (Å²) in [4.78, 5) is 28.7. The normalized spacial score (nSPS) is 18.6. The number of benzene rings is 3. The second-order valence-corrected chi connectivity index (χ2v) is 28.3. The maximum atomic E-state index is 14.5. The van der Waals surface area contributed by atoms with Crippen LogP contribution in [0.15, 0.2) is 61.0 Å². The van der Waals surface area contributed by atoms with Gasteiger partial charge in [-0.1, -0.05) is 202 Å². The Labute approximate surface area is 546 Å². The Morgan fingerprint density at radius 2 is 1.54 bits per heavy atom. The van der Waals surface area contributed by atoms with E-state index in [9.17, 15) is 19.1 Å². The number of halogens is 1. The van der Waals surface area contributed by atoms with E-state index in [0.29, 0.717) is 52.1 Å². The molecule has 8 rings (SSSR count). The van der Waals surface area contributed by atoms with Crippen LogP contribution >= 0.6 is 0 Å². The number of unbranched alkanes of at least 4 members (excludes halogenated alkanes) is 5. The van der Waals surface area contributed by atoms with Crippen molar-refractivity contribution in [2.24, 2.45) is 41.5 Å². The fourth-order valence-electron chi connectivity index (χ4n) is 14.3. The fraction of sp³-hybridized carbons (Fsp3) is 0.630. The number of carbonyl (C=O) groups excluding carboxylic acids is 2. The van der Waals surface area contributed by atoms with Gasteiger partial charge in [0.25, 0.3) is 0 Å². The number of aromatic hydroxyl groups is 1. The van der Waals surface area contributed by atoms with Gasteiger partial charge in [-0.15, -0.1) is 6.42 Å². The minimum atomic E-state index is -0.453. The molecular formula is C81H123FN4O4. The number of piperidine rings is 1. The number of nitrogens with zero attached hydrogens (tertiary/aromatic N) is 3. The van der Waals surface area contributed by atoms with Gasteiger partial charge in [0.15, 0.2) is 0 Å². The van der Waals surface area contributed by atoms with Crippen LogP contribution in [0.25, 0.3) is 44.1 Å². The van der Waals surface area contributed by atoms with Crippen molar-refractivity contribution in [3.8, 4) is 29.4 Å². The highest BCUT2D eigenvalue weighted by atomic mass is 19.1. The van der Waals surface area contributed by atoms with Crippen molar-refractivity contribution in [3.63, 3.8) is 0 Å². The molecule has 3 aromatic carbocycles. The van der Waals surface area contributed by atoms with Crippen LogP contribution in [-0.4, -0.2) is 38.3 Å². The molecule has 2 aromatic heterocycles. The quantitative estimate of drug-likeness (QED) is 0.0247. The topological polar surface area (TPSA) is 106 Å². The van der Waals surface area contributed by atoms with Gasteiger partial charge in [-0.2, -0.15) is 5.10 Å². The molecule has 2 N–H and O–H groups in total. The van der Waals surface area contributed by atoms with Gasteiger partial charge in [-0.25, -0.2) is 4.39 Å². The number of imide groups is 1. The summed E-state index contributed by atoms with van der Waals surface area (Å²) in [6, 6.07) is 12.6. The van der Waals surface area contributed by atoms with Crippen molar-refractivity contribution >= 4 is 44.6 Å². The first-order chi connectivity index (χ1) is 42.8. The number of allylic oxidation sites excluding steroid dienone is 1. The standard InChI is InChI=1S/C27H28FNO.C22H31N3O2.C13H26.C10H22.C9H16O/c1-8-16(5)17(6)23-14-29-27(18(7)25(23)15(3)4)22-13-20(30)12-19-10-11-24(28)21(9-2)26(19)22;1-4-6-7-10-15(9-5-2)16-11-8-12-17-20(24-25(3)21(16)17)18-13-14-19(26)23-22(18)27;1-4-6-7-9-13(8-5-2)10-12(3)11-13;1-5-6-7-10(4)8-9(2)3;1-4-9(5-6-9)7-10-8(2)3/h2,10-14,16,30H,8H2,1,3-7H3;8,11-12,15,18H,4-7,9-10,13-14H2,1-3H3,(H,23,26,27);12H,4-11H2,1-3H3;9-10H,5-8H2,1-4H3;2,4-7H2,1,3H3/b23-17-;;;;. The first-order valence-electron chi connectivity index (χ1n) is 35.5. The molecule has 3 heterocycles. The smallest absolute Gasteiger partial charge is 0.235 e. The summed E-state index contributed by atoms with van der Waals surface area (Å²) in [5, 5.41) is 22.2. The Hall–Kier alpha value is -5.75. The van der Waals surface area contributed by atoms with Gasteiger partial charge in [0, 0.05) is 41.4 Å². The maximum absolute atomic E-state index is 14.5. The Morgan fingerprint density at radius 3 is 2.10 bits per heavy atom. The van der Waals surface area contributed by atoms with Crippen LogP contribution in [0, 0.1) is 59.6 Å². The van der Waals surface area contributed by atoms with E-state index in [0.717, 1.165) is 81.0 Å². The number of carbonyl (C=O) groups is 2. The van der Waals surface area contributed by atoms with Crippen molar-refractivity contribution in [3.05, 3.63) is 99.6 Å². The van der Waals surface area contributed by atoms with Gasteiger partial charge in [0.1, 0.15) is 11.6 Å². The lowest BCUT2D eigenvalue weighted by molar-refractivity contribution is -0.134. The number of pyridine rings is 1. The number of nitrogens with one attached hydrogen (secondary N) is 1. The summed E-state index contributed by atoms with van der Waals surface area (Å²) in [7, 11) is 1.97. The maximum Gasteiger partial charge on any atom is 0.235 e. The van der Waals surface area contributed by atoms with Gasteiger partial charge in [0.05, 0.1) is 40.8 Å². The Balaban J connectivity index is 0.000000260. The van der Waals surface area contributed by atoms with Crippen LogP contribution in [-0.2, 0) is 21.4 Å². The number of fused-ring (bicyclic) bond motifs is 2. The van der Waals surface area contributed by atoms with Gasteiger partial charge >= 0.3 is 0 Å². The van der Waals surface area contributed by atoms with Crippen LogP contribution in [0.2, 0.25) is 0 Å². The van der Waals surface area contributed by atoms with Gasteiger partial charge < -0.3 is 9.84 Å². The average molecular weight is 1240 g/mol. The molecule has 8 nitrogen and oxygen atoms in total. The molecule has 90 heavy (non-hydrogen) atoms. The first kappa shape index (κ1) is 76.7. The number of terminal acetylenes is 1. The molecule has 9 heteroatoms. The predicted octanol–water partition coefficient (Wildman–Crippen LogP) is 21.4. The highest BCUT2D eigenvalue weighted by molar-refractivity contribution is 6.03. The summed E-state index contributed by atoms with van der Waals surface area (Å²) in [6.45, 7) is 42.3. The number of hydrogen-bond donors (Lipinski definition) is 2. The van der Waals surface area contributed by atoms with E-state index in [2.05, 4.69) is 140 Å². The zero-order chi connectivity index (χ0) is 66.9. The molecule has 2 amide bonds. The number of hydrogen-bond acceptors (Lipinski definition) is 6. The molecule has 2 saturated carbocycles. The third-order valence-electron chi connectivity index (χ3n) is 19.7. The third-order valence-corrected chi connectivity index (χ3v) is 19.7. The van der Waals surface area contributed by atoms with Gasteiger partial charge in [-0.05, 0) is 192 Å². The molecule has 2 aliphatic carbocycles. The number of phenols is 1. The number of phenolic OH excluding ortho intramolecular Hbond substituents is 1. The second kappa shape index (κ2) is 37.7. The van der Waals surface area contributed by atoms with Crippen LogP contribution in [0.1, 0.15) is 299 Å². The van der Waals surface area contributed by atoms with Crippen LogP contribution in [0.4, 0.5) is 4.39 Å². The van der Waals surface area contributed by atoms with E-state index in [4.69, 9.17) is 21.2 Å². The van der Waals surface area contributed by atoms with Crippen molar-refractivity contribution in [1.82, 2.24) is 20.1 Å². The SMILES string of the molecule is C#Cc1c(F)ccc2cc(O)cc(-c3nc/c(=C(\C)C(C)CC)c(=C(C)C)c3C)c12.C=C(C)OCC1(CC)CC1.CCCCC(C)CC(C)C.CCCCCC(CCC)c1cccc2c(C3CCC(=O)NC3=O)nn(C)c12.CCCCCC1(CCC)CC(C)C1. The molecule has 1 aliphatic heterocycles. The largest absolute Gasteiger partial charge is 0.508 e. The number of amides is 2. The lowest BCUT2D eigenvalue weighted by atomic mass is 9.58. The summed E-state index contributed by atoms with van der Waals surface area (Å²) >= 11 is 0. The fourth-order valence-corrected chi connectivity index (χ4v) is 14.3. The lowest BCUT2D eigenvalue weighted by Crippen LogP contribution is -2.39. The van der Waals surface area contributed by atoms with E-state index in [1.165, 1.54) is 151 Å². The van der Waals surface area contributed by atoms with Crippen molar-refractivity contribution in [1.29, 1.82) is 0 Å². The van der Waals surface area contributed by atoms with Crippen molar-refractivity contribution in [2.45, 2.75) is 284 Å². The number of aromatic nitrogens is 3. The summed E-state index contributed by atoms with van der Waals surface area (Å²) < 4.78 is 21.8. The highest BCUT2D eigenvalue weighted by Crippen LogP contribution is 2.52. The molecule has 0 bridgehead atoms. The minimum absolute atomic E-state index is 0.0958. The van der Waals surface area contributed by atoms with Crippen LogP contribution in [0.3, 0.4) is 0 Å². The summed E-state index contributed by atoms with van der Waals surface area (Å²) in [5.74, 6) is 6.04. The second-order valence-electron chi connectivity index (χ2n) is 28.3. The molecule has 0 radical (unpaired) electrons. The lowest BCUT2D eigenvalue weighted by Gasteiger charge is -2.47. The number of ether oxygens (including phenoxy) is 1. The van der Waals surface area contributed by atoms with Crippen molar-refractivity contribution < 1.29 is 23.8 Å². The number of rotatable bonds is 26. The Morgan fingerprint density at radius 1 is 0.867 bits per heavy atom. The van der Waals surface area contributed by atoms with E-state index in [1.54, 1.807) is 18.2 Å². The Kier molecular flexibility index (Phi) is 32.1. The monoisotopic (exact) mass is 1230 g/mol. The van der Waals surface area contributed by atoms with Gasteiger partial charge in [-0.3, -0.25) is 24.6 Å². The Bertz CT molecular complexity index is 3250. The highest BCUT2D eigenvalue weighted by Gasteiger charge is 2.42. The molecule has 5 aromatic rings. The van der Waals surface area contributed by atoms with E-state index >= 15 is 0 Å². The van der Waals surface area contributed by atoms with Crippen molar-refractivity contribution in [2.75, 3.05) is 6.61 Å². The van der Waals surface area contributed by atoms with E-state index in [1.807, 2.05) is 31.8 Å². The van der Waals surface area contributed by atoms with E-state index in [-0.39, 0.29) is 29.0 Å². The predicted molar refractivity (Wildman–Crippen MR) is 382 cm³/mol. The molecule has 4 atom stereocenters. The molecular weight excluding hydrogens is 1110 g/mol. The van der Waals surface area contributed by atoms with Gasteiger partial charge in [0.2, 0.25) is 11.8 Å². The average Bonchev–Trinajstić information content (AvgIpc) is 1.20. The summed E-state index contributed by atoms with van der Waals surface area (Å²) in [5.41, 5.74) is 9.65. The molecule has 3 aliphatic rings. The summed E-state index contributed by atoms with van der Waals surface area (Å²) in [6.07, 6.45) is 38.0. The molecule has 3 fully saturated rings. The zero-order valence-corrected chi connectivity index (χ0v) is 59.9. The number of para-hydroxylation sites is 1. The minimum Gasteiger partial charge on any atom is -0.508 e. The zero-order valence-electron chi connectivity index (χ0n) is 59.9. The molecule has 0 spiro atoms. The number of aryl methyl sites for hydroxylation is 1. The third kappa shape index (κ3) is 22.0.